The molecule has 2 unspecified atom stereocenters. The lowest BCUT2D eigenvalue weighted by molar-refractivity contribution is -0.149. The fourth-order valence-electron chi connectivity index (χ4n) is 7.10. The second kappa shape index (κ2) is 20.7. The first-order valence-electron chi connectivity index (χ1n) is 20.9. The van der Waals surface area contributed by atoms with Crippen LogP contribution in [0.2, 0.25) is 5.28 Å². The first-order valence-corrected chi connectivity index (χ1v) is 21.3. The van der Waals surface area contributed by atoms with E-state index < -0.39 is 0 Å². The average molecular weight is 843 g/mol. The van der Waals surface area contributed by atoms with Crippen LogP contribution in [0.15, 0.2) is 41.9 Å². The monoisotopic (exact) mass is 842 g/mol. The number of H-pyrrole nitrogens is 2. The molecule has 0 bridgehead atoms. The van der Waals surface area contributed by atoms with Crippen molar-refractivity contribution in [2.45, 2.75) is 132 Å². The number of halogens is 1. The molecule has 0 spiro atoms. The van der Waals surface area contributed by atoms with E-state index in [1.54, 1.807) is 0 Å². The van der Waals surface area contributed by atoms with Crippen molar-refractivity contribution < 1.29 is 28.4 Å². The van der Waals surface area contributed by atoms with Crippen LogP contribution in [0.1, 0.15) is 131 Å². The van der Waals surface area contributed by atoms with Crippen molar-refractivity contribution in [1.29, 1.82) is 0 Å². The Kier molecular flexibility index (Phi) is 16.0. The second-order valence-corrected chi connectivity index (χ2v) is 16.9. The summed E-state index contributed by atoms with van der Waals surface area (Å²) in [5, 5.41) is 14.6. The van der Waals surface area contributed by atoms with Crippen LogP contribution in [0.3, 0.4) is 0 Å². The van der Waals surface area contributed by atoms with Gasteiger partial charge in [0.1, 0.15) is 0 Å². The zero-order valence-electron chi connectivity index (χ0n) is 36.8. The van der Waals surface area contributed by atoms with Crippen molar-refractivity contribution in [3.8, 4) is 0 Å². The number of aromatic amines is 2. The molecule has 0 amide bonds. The summed E-state index contributed by atoms with van der Waals surface area (Å²) < 4.78 is 22.3. The van der Waals surface area contributed by atoms with E-state index in [4.69, 9.17) is 35.4 Å². The molecule has 322 valence electrons. The second-order valence-electron chi connectivity index (χ2n) is 16.6. The average Bonchev–Trinajstić information content (AvgIpc) is 3.86. The van der Waals surface area contributed by atoms with E-state index >= 15 is 0 Å². The third-order valence-electron chi connectivity index (χ3n) is 11.0. The molecule has 1 aliphatic heterocycles. The number of aromatic nitrogens is 8. The summed E-state index contributed by atoms with van der Waals surface area (Å²) in [7, 11) is -0.275. The molecule has 5 heterocycles. The Hall–Kier alpha value is -4.73. The zero-order chi connectivity index (χ0) is 43.6. The van der Waals surface area contributed by atoms with Crippen molar-refractivity contribution in [2.75, 3.05) is 13.2 Å². The van der Waals surface area contributed by atoms with Gasteiger partial charge in [0.15, 0.2) is 5.82 Å². The van der Waals surface area contributed by atoms with Crippen molar-refractivity contribution >= 4 is 36.2 Å². The predicted octanol–water partition coefficient (Wildman–Crippen LogP) is 8.12. The quantitative estimate of drug-likeness (QED) is 0.0891. The molecule has 2 aliphatic carbocycles. The van der Waals surface area contributed by atoms with Crippen molar-refractivity contribution in [1.82, 2.24) is 40.3 Å². The number of esters is 2. The molecular weight excluding hydrogens is 783 g/mol. The summed E-state index contributed by atoms with van der Waals surface area (Å²) in [6.07, 6.45) is 10.2. The Morgan fingerprint density at radius 3 is 1.65 bits per heavy atom. The largest absolute Gasteiger partial charge is 0.490 e. The van der Waals surface area contributed by atoms with E-state index in [9.17, 15) is 9.59 Å². The van der Waals surface area contributed by atoms with Gasteiger partial charge in [0.25, 0.3) is 0 Å². The van der Waals surface area contributed by atoms with E-state index in [0.717, 1.165) is 94.5 Å². The number of hydrogen-bond donors (Lipinski definition) is 2. The van der Waals surface area contributed by atoms with Crippen LogP contribution in [0.25, 0.3) is 5.57 Å². The molecular formula is C44H60BClN8O6. The number of nitrogens with one attached hydrogen (secondary N) is 2. The number of nitrogens with zero attached hydrogens (tertiary/aromatic N) is 6. The van der Waals surface area contributed by atoms with E-state index in [1.165, 1.54) is 0 Å². The number of carbonyl (C=O) groups excluding carboxylic acids is 2. The molecule has 1 fully saturated rings. The Bertz CT molecular complexity index is 2130. The van der Waals surface area contributed by atoms with Gasteiger partial charge in [0, 0.05) is 35.6 Å². The highest BCUT2D eigenvalue weighted by Crippen LogP contribution is 2.40. The van der Waals surface area contributed by atoms with Crippen LogP contribution < -0.4 is 0 Å². The van der Waals surface area contributed by atoms with Gasteiger partial charge in [0.2, 0.25) is 5.28 Å². The van der Waals surface area contributed by atoms with Gasteiger partial charge in [0.05, 0.1) is 59.0 Å². The van der Waals surface area contributed by atoms with Gasteiger partial charge < -0.3 is 18.8 Å². The third kappa shape index (κ3) is 12.9. The number of allylic oxidation sites excluding steroid dienone is 4. The minimum atomic E-state index is -0.309. The van der Waals surface area contributed by atoms with Crippen LogP contribution in [0.5, 0.6) is 0 Å². The molecule has 7 rings (SSSR count). The maximum atomic E-state index is 11.9. The van der Waals surface area contributed by atoms with Crippen molar-refractivity contribution in [3.63, 3.8) is 0 Å². The Morgan fingerprint density at radius 1 is 0.717 bits per heavy atom. The summed E-state index contributed by atoms with van der Waals surface area (Å²) in [6, 6.07) is 7.93. The molecule has 16 heteroatoms. The molecule has 1 saturated heterocycles. The Balaban J connectivity index is 0.000000176. The van der Waals surface area contributed by atoms with Gasteiger partial charge in [-0.1, -0.05) is 12.2 Å². The fourth-order valence-corrected chi connectivity index (χ4v) is 7.34. The van der Waals surface area contributed by atoms with Gasteiger partial charge in [-0.3, -0.25) is 19.8 Å². The lowest BCUT2D eigenvalue weighted by Crippen LogP contribution is -2.41. The van der Waals surface area contributed by atoms with Crippen LogP contribution in [0.4, 0.5) is 0 Å². The first kappa shape index (κ1) is 46.3. The highest BCUT2D eigenvalue weighted by Gasteiger charge is 2.52. The van der Waals surface area contributed by atoms with Crippen LogP contribution in [0, 0.1) is 39.5 Å². The van der Waals surface area contributed by atoms with Crippen molar-refractivity contribution in [2.24, 2.45) is 11.8 Å². The maximum Gasteiger partial charge on any atom is 0.490 e. The highest BCUT2D eigenvalue weighted by atomic mass is 35.5. The minimum absolute atomic E-state index is 0.0128. The van der Waals surface area contributed by atoms with E-state index in [1.807, 2.05) is 65.8 Å². The molecule has 0 radical (unpaired) electrons. The maximum absolute atomic E-state index is 11.9. The SMILES string of the molecule is CCOC(=O)C1CC=C(B2OC(C)(C)C(C)(C)O2)CC1.CCOC(=O)C1CC=C(c2nc(C)cc(Cc3cc(C)[nH]n3)n2)CC1.Cc1cc(Cc2cc(C)[nH]n2)nc(Cl)n1. The first-order chi connectivity index (χ1) is 28.4. The number of aryl methyl sites for hydroxylation is 4. The molecule has 2 N–H and O–H groups in total. The smallest absolute Gasteiger partial charge is 0.466 e. The summed E-state index contributed by atoms with van der Waals surface area (Å²) in [5.41, 5.74) is 9.34. The molecule has 2 atom stereocenters. The van der Waals surface area contributed by atoms with E-state index in [0.29, 0.717) is 32.5 Å². The molecule has 4 aromatic rings. The number of ether oxygens (including phenoxy) is 2. The van der Waals surface area contributed by atoms with Gasteiger partial charge >= 0.3 is 19.1 Å². The fraction of sp³-hybridized carbons (Fsp3) is 0.545. The number of carbonyl (C=O) groups is 2. The van der Waals surface area contributed by atoms with Gasteiger partial charge in [-0.05, 0) is 155 Å². The predicted molar refractivity (Wildman–Crippen MR) is 231 cm³/mol. The van der Waals surface area contributed by atoms with Crippen molar-refractivity contribution in [3.05, 3.63) is 98.5 Å². The summed E-state index contributed by atoms with van der Waals surface area (Å²) in [5.74, 6) is 0.528. The lowest BCUT2D eigenvalue weighted by atomic mass is 9.70. The molecule has 0 saturated carbocycles. The number of rotatable bonds is 10. The lowest BCUT2D eigenvalue weighted by Gasteiger charge is -2.32. The van der Waals surface area contributed by atoms with E-state index in [-0.39, 0.29) is 47.4 Å². The van der Waals surface area contributed by atoms with Crippen LogP contribution in [-0.2, 0) is 41.2 Å². The standard InChI is InChI=1S/C19H24N4O2.C15H25BO4.C10H11ClN4/c1-4-25-19(24)15-7-5-14(6-8-15)18-20-12(2)9-16(21-18)11-17-10-13(3)22-23-17;1-6-18-13(17)11-7-9-12(10-8-11)16-19-14(2,3)15(4,5)20-16;1-6-3-8(13-10(11)12-6)5-9-4-7(2)14-15-9/h5,9-10,15H,4,6-8,11H2,1-3H3,(H,22,23);9,11H,6-8,10H2,1-5H3;3-4H,5H2,1-2H3,(H,14,15). The van der Waals surface area contributed by atoms with Crippen LogP contribution >= 0.6 is 11.6 Å². The third-order valence-corrected chi connectivity index (χ3v) is 11.1. The van der Waals surface area contributed by atoms with Crippen LogP contribution in [-0.4, -0.2) is 83.8 Å². The normalized spacial score (nSPS) is 19.2. The van der Waals surface area contributed by atoms with Gasteiger partial charge in [-0.25, -0.2) is 19.9 Å². The Morgan fingerprint density at radius 2 is 1.22 bits per heavy atom. The highest BCUT2D eigenvalue weighted by molar-refractivity contribution is 6.54. The van der Waals surface area contributed by atoms with Gasteiger partial charge in [-0.15, -0.1) is 0 Å². The zero-order valence-corrected chi connectivity index (χ0v) is 37.5. The topological polar surface area (TPSA) is 180 Å². The molecule has 3 aliphatic rings. The summed E-state index contributed by atoms with van der Waals surface area (Å²) in [4.78, 5) is 41.0. The molecule has 0 aromatic carbocycles. The van der Waals surface area contributed by atoms with E-state index in [2.05, 4.69) is 75.2 Å². The summed E-state index contributed by atoms with van der Waals surface area (Å²) in [6.45, 7) is 20.6. The molecule has 14 nitrogen and oxygen atoms in total. The number of hydrogen-bond acceptors (Lipinski definition) is 12. The minimum Gasteiger partial charge on any atom is -0.466 e. The summed E-state index contributed by atoms with van der Waals surface area (Å²) >= 11 is 5.77. The molecule has 60 heavy (non-hydrogen) atoms. The van der Waals surface area contributed by atoms with Gasteiger partial charge in [-0.2, -0.15) is 10.2 Å². The molecule has 4 aromatic heterocycles. The Labute approximate surface area is 359 Å².